The van der Waals surface area contributed by atoms with E-state index < -0.39 is 36.4 Å². The number of hydrogen-bond donors (Lipinski definition) is 4. The zero-order chi connectivity index (χ0) is 36.1. The quantitative estimate of drug-likeness (QED) is 0.0643. The Morgan fingerprint density at radius 1 is 0.653 bits per heavy atom. The lowest BCUT2D eigenvalue weighted by atomic mass is 9.95. The molecule has 3 rings (SSSR count). The van der Waals surface area contributed by atoms with Crippen LogP contribution in [0.25, 0.3) is 10.6 Å². The predicted octanol–water partition coefficient (Wildman–Crippen LogP) is 8.04. The Balaban J connectivity index is 0.000000543. The average Bonchev–Trinajstić information content (AvgIpc) is 3.08. The van der Waals surface area contributed by atoms with Gasteiger partial charge in [-0.3, -0.25) is 9.59 Å². The van der Waals surface area contributed by atoms with E-state index >= 15 is 0 Å². The zero-order valence-corrected chi connectivity index (χ0v) is 29.3. The van der Waals surface area contributed by atoms with Crippen LogP contribution in [0.4, 0.5) is 0 Å². The van der Waals surface area contributed by atoms with Crippen molar-refractivity contribution in [3.05, 3.63) is 102 Å². The highest BCUT2D eigenvalue weighted by Crippen LogP contribution is 2.35. The summed E-state index contributed by atoms with van der Waals surface area (Å²) in [5, 5.41) is 34.6. The van der Waals surface area contributed by atoms with Gasteiger partial charge in [-0.1, -0.05) is 130 Å². The maximum atomic E-state index is 10.3. The van der Waals surface area contributed by atoms with E-state index in [0.717, 1.165) is 46.1 Å². The smallest absolute Gasteiger partial charge is 0.336 e. The topological polar surface area (TPSA) is 145 Å². The number of rotatable bonds is 21. The Hall–Kier alpha value is -4.18. The molecule has 0 bridgehead atoms. The van der Waals surface area contributed by atoms with Crippen LogP contribution in [0.3, 0.4) is 0 Å². The lowest BCUT2D eigenvalue weighted by Gasteiger charge is -2.18. The van der Waals surface area contributed by atoms with Crippen molar-refractivity contribution >= 4 is 40.1 Å². The molecule has 49 heavy (non-hydrogen) atoms. The lowest BCUT2D eigenvalue weighted by molar-refractivity contribution is -0.170. The standard InChI is InChI=1S/C33H42ClNO.C6H8O7/c1-3-35(4-2)26-16-8-6-5-7-9-17-27-36-31-24-22-29(23-25-31)32(28-18-12-10-13-19-28)33(34)30-20-14-11-15-21-30;7-3(8)1-6(13,5(11)12)2-4(9)10/h10-15,18-25H,3-9,16-17,26-27H2,1-2H3;13H,1-2H2,(H,7,8)(H,9,10)(H,11,12). The maximum absolute atomic E-state index is 10.3. The number of aliphatic hydroxyl groups is 1. The van der Waals surface area contributed by atoms with Gasteiger partial charge in [0.2, 0.25) is 0 Å². The summed E-state index contributed by atoms with van der Waals surface area (Å²) >= 11 is 6.93. The molecule has 0 radical (unpaired) electrons. The molecule has 0 aliphatic heterocycles. The van der Waals surface area contributed by atoms with Crippen molar-refractivity contribution in [2.75, 3.05) is 26.2 Å². The zero-order valence-electron chi connectivity index (χ0n) is 28.5. The number of carbonyl (C=O) groups is 3. The van der Waals surface area contributed by atoms with E-state index in [1.165, 1.54) is 58.2 Å². The van der Waals surface area contributed by atoms with Crippen molar-refractivity contribution < 1.29 is 39.5 Å². The van der Waals surface area contributed by atoms with Crippen molar-refractivity contribution in [1.29, 1.82) is 0 Å². The molecule has 4 N–H and O–H groups in total. The molecule has 266 valence electrons. The van der Waals surface area contributed by atoms with E-state index in [1.807, 2.05) is 36.4 Å². The van der Waals surface area contributed by atoms with Crippen LogP contribution in [0.5, 0.6) is 5.75 Å². The number of ether oxygens (including phenoxy) is 1. The molecule has 3 aromatic carbocycles. The number of carboxylic acid groups (broad SMARTS) is 3. The molecule has 9 nitrogen and oxygen atoms in total. The summed E-state index contributed by atoms with van der Waals surface area (Å²) in [6.45, 7) is 8.87. The van der Waals surface area contributed by atoms with Crippen molar-refractivity contribution in [3.8, 4) is 5.75 Å². The summed E-state index contributed by atoms with van der Waals surface area (Å²) in [7, 11) is 0. The van der Waals surface area contributed by atoms with Gasteiger partial charge >= 0.3 is 17.9 Å². The second kappa shape index (κ2) is 22.5. The number of aliphatic carboxylic acids is 3. The Labute approximate surface area is 294 Å². The molecule has 0 saturated carbocycles. The van der Waals surface area contributed by atoms with Crippen LogP contribution >= 0.6 is 11.6 Å². The molecule has 0 aliphatic rings. The molecule has 0 fully saturated rings. The van der Waals surface area contributed by atoms with Gasteiger partial charge < -0.3 is 30.1 Å². The third-order valence-electron chi connectivity index (χ3n) is 8.02. The molecule has 10 heteroatoms. The van der Waals surface area contributed by atoms with Gasteiger partial charge in [0.25, 0.3) is 0 Å². The highest BCUT2D eigenvalue weighted by atomic mass is 35.5. The van der Waals surface area contributed by atoms with Gasteiger partial charge in [0.05, 0.1) is 24.5 Å². The van der Waals surface area contributed by atoms with Gasteiger partial charge in [0, 0.05) is 5.57 Å². The van der Waals surface area contributed by atoms with E-state index in [2.05, 4.69) is 67.3 Å². The fourth-order valence-corrected chi connectivity index (χ4v) is 5.58. The third-order valence-corrected chi connectivity index (χ3v) is 8.43. The Morgan fingerprint density at radius 3 is 1.57 bits per heavy atom. The first-order valence-corrected chi connectivity index (χ1v) is 17.2. The minimum atomic E-state index is -2.74. The molecule has 0 aliphatic carbocycles. The van der Waals surface area contributed by atoms with E-state index in [4.69, 9.17) is 36.8 Å². The van der Waals surface area contributed by atoms with Crippen LogP contribution in [0.2, 0.25) is 0 Å². The van der Waals surface area contributed by atoms with E-state index in [9.17, 15) is 14.4 Å². The monoisotopic (exact) mass is 695 g/mol. The van der Waals surface area contributed by atoms with Gasteiger partial charge in [-0.25, -0.2) is 4.79 Å². The lowest BCUT2D eigenvalue weighted by Crippen LogP contribution is -2.42. The minimum absolute atomic E-state index is 0.753. The molecule has 0 heterocycles. The summed E-state index contributed by atoms with van der Waals surface area (Å²) in [5.74, 6) is -4.10. The number of nitrogens with zero attached hydrogens (tertiary/aromatic N) is 1. The summed E-state index contributed by atoms with van der Waals surface area (Å²) in [6.07, 6.45) is 6.74. The van der Waals surface area contributed by atoms with Crippen molar-refractivity contribution in [3.63, 3.8) is 0 Å². The Kier molecular flexibility index (Phi) is 18.8. The molecular weight excluding hydrogens is 646 g/mol. The van der Waals surface area contributed by atoms with Crippen molar-refractivity contribution in [2.24, 2.45) is 0 Å². The van der Waals surface area contributed by atoms with E-state index in [0.29, 0.717) is 0 Å². The van der Waals surface area contributed by atoms with Gasteiger partial charge in [0.15, 0.2) is 5.60 Å². The Morgan fingerprint density at radius 2 is 1.10 bits per heavy atom. The maximum Gasteiger partial charge on any atom is 0.336 e. The van der Waals surface area contributed by atoms with Gasteiger partial charge in [0.1, 0.15) is 5.75 Å². The summed E-state index contributed by atoms with van der Waals surface area (Å²) in [5.41, 5.74) is 1.50. The fraction of sp³-hybridized carbons (Fsp3) is 0.410. The minimum Gasteiger partial charge on any atom is -0.494 e. The van der Waals surface area contributed by atoms with Crippen LogP contribution in [-0.4, -0.2) is 75.1 Å². The number of hydrogen-bond acceptors (Lipinski definition) is 6. The van der Waals surface area contributed by atoms with Crippen LogP contribution < -0.4 is 4.74 Å². The molecule has 0 aromatic heterocycles. The summed E-state index contributed by atoms with van der Waals surface area (Å²) in [4.78, 5) is 33.0. The highest BCUT2D eigenvalue weighted by Gasteiger charge is 2.40. The normalized spacial score (nSPS) is 11.7. The molecule has 0 saturated heterocycles. The SMILES string of the molecule is CCN(CC)CCCCCCCCCOc1ccc(C(=C(Cl)c2ccccc2)c2ccccc2)cc1.O=C(O)CC(O)(CC(=O)O)C(=O)O. The molecular formula is C39H50ClNO8. The second-order valence-corrected chi connectivity index (χ2v) is 12.2. The van der Waals surface area contributed by atoms with Crippen LogP contribution in [0.1, 0.15) is 88.3 Å². The van der Waals surface area contributed by atoms with E-state index in [-0.39, 0.29) is 0 Å². The largest absolute Gasteiger partial charge is 0.494 e. The third kappa shape index (κ3) is 15.3. The second-order valence-electron chi connectivity index (χ2n) is 11.8. The number of unbranched alkanes of at least 4 members (excludes halogenated alkanes) is 6. The van der Waals surface area contributed by atoms with Crippen LogP contribution in [-0.2, 0) is 14.4 Å². The van der Waals surface area contributed by atoms with Crippen LogP contribution in [0.15, 0.2) is 84.9 Å². The number of carboxylic acids is 3. The summed E-state index contributed by atoms with van der Waals surface area (Å²) < 4.78 is 6.03. The highest BCUT2D eigenvalue weighted by molar-refractivity contribution is 6.53. The number of benzene rings is 3. The molecule has 0 unspecified atom stereocenters. The molecule has 0 amide bonds. The number of halogens is 1. The Bertz CT molecular complexity index is 1420. The summed E-state index contributed by atoms with van der Waals surface area (Å²) in [6, 6.07) is 28.8. The van der Waals surface area contributed by atoms with Crippen molar-refractivity contribution in [1.82, 2.24) is 4.90 Å². The van der Waals surface area contributed by atoms with Crippen LogP contribution in [0, 0.1) is 0 Å². The van der Waals surface area contributed by atoms with Gasteiger partial charge in [-0.2, -0.15) is 0 Å². The van der Waals surface area contributed by atoms with Crippen molar-refractivity contribution in [2.45, 2.75) is 77.2 Å². The first kappa shape index (κ1) is 41.0. The van der Waals surface area contributed by atoms with E-state index in [1.54, 1.807) is 0 Å². The van der Waals surface area contributed by atoms with Gasteiger partial charge in [-0.15, -0.1) is 0 Å². The first-order chi connectivity index (χ1) is 23.5. The first-order valence-electron chi connectivity index (χ1n) is 16.9. The molecule has 0 spiro atoms. The predicted molar refractivity (Wildman–Crippen MR) is 194 cm³/mol. The molecule has 3 aromatic rings. The average molecular weight is 696 g/mol. The fourth-order valence-electron chi connectivity index (χ4n) is 5.24. The van der Waals surface area contributed by atoms with Gasteiger partial charge in [-0.05, 0) is 61.3 Å². The molecule has 0 atom stereocenters.